The molecule has 0 radical (unpaired) electrons. The first kappa shape index (κ1) is 12.1. The summed E-state index contributed by atoms with van der Waals surface area (Å²) in [5.74, 6) is 1.16. The Hall–Kier alpha value is -1.39. The fraction of sp³-hybridized carbons (Fsp3) is 0.750. The van der Waals surface area contributed by atoms with Crippen LogP contribution in [0.2, 0.25) is 0 Å². The average molecular weight is 236 g/mol. The Balaban J connectivity index is 2.18. The zero-order valence-corrected chi connectivity index (χ0v) is 10.6. The zero-order valence-electron chi connectivity index (χ0n) is 10.6. The number of rotatable bonds is 3. The van der Waals surface area contributed by atoms with Crippen LogP contribution in [0.5, 0.6) is 0 Å². The van der Waals surface area contributed by atoms with E-state index in [9.17, 15) is 4.79 Å². The molecule has 0 aliphatic carbocycles. The average Bonchev–Trinajstić information content (AvgIpc) is 2.76. The number of carbonyl (C=O) groups excluding carboxylic acids is 1. The van der Waals surface area contributed by atoms with Crippen molar-refractivity contribution in [1.82, 2.24) is 19.7 Å². The maximum Gasteiger partial charge on any atom is 0.223 e. The van der Waals surface area contributed by atoms with Gasteiger partial charge in [-0.05, 0) is 25.7 Å². The fourth-order valence-corrected chi connectivity index (χ4v) is 2.45. The van der Waals surface area contributed by atoms with Crippen LogP contribution in [-0.4, -0.2) is 32.1 Å². The molecule has 1 aromatic rings. The molecule has 5 heteroatoms. The molecule has 0 N–H and O–H groups in total. The summed E-state index contributed by atoms with van der Waals surface area (Å²) in [6.07, 6.45) is 6.50. The third-order valence-corrected chi connectivity index (χ3v) is 3.33. The van der Waals surface area contributed by atoms with Crippen LogP contribution in [0.15, 0.2) is 6.33 Å². The Bertz CT molecular complexity index is 388. The number of aromatic nitrogens is 3. The maximum atomic E-state index is 12.1. The van der Waals surface area contributed by atoms with Crippen LogP contribution >= 0.6 is 0 Å². The van der Waals surface area contributed by atoms with Gasteiger partial charge in [0.1, 0.15) is 6.33 Å². The number of hydrogen-bond donors (Lipinski definition) is 0. The van der Waals surface area contributed by atoms with E-state index in [1.165, 1.54) is 0 Å². The molecule has 17 heavy (non-hydrogen) atoms. The van der Waals surface area contributed by atoms with Crippen molar-refractivity contribution in [3.8, 4) is 0 Å². The summed E-state index contributed by atoms with van der Waals surface area (Å²) in [6.45, 7) is 2.90. The van der Waals surface area contributed by atoms with Crippen LogP contribution in [-0.2, 0) is 11.8 Å². The molecule has 0 aromatic carbocycles. The van der Waals surface area contributed by atoms with Gasteiger partial charge in [0.05, 0.1) is 6.04 Å². The summed E-state index contributed by atoms with van der Waals surface area (Å²) in [7, 11) is 1.94. The van der Waals surface area contributed by atoms with E-state index >= 15 is 0 Å². The summed E-state index contributed by atoms with van der Waals surface area (Å²) in [5.41, 5.74) is 0. The van der Waals surface area contributed by atoms with Gasteiger partial charge in [-0.1, -0.05) is 6.92 Å². The molecule has 1 atom stereocenters. The number of piperidine rings is 1. The van der Waals surface area contributed by atoms with Gasteiger partial charge in [0.2, 0.25) is 5.91 Å². The number of carbonyl (C=O) groups is 1. The molecule has 2 rings (SSSR count). The Kier molecular flexibility index (Phi) is 3.76. The van der Waals surface area contributed by atoms with Crippen molar-refractivity contribution in [2.45, 2.75) is 45.1 Å². The predicted octanol–water partition coefficient (Wildman–Crippen LogP) is 1.67. The topological polar surface area (TPSA) is 51.0 Å². The molecular formula is C12H20N4O. The van der Waals surface area contributed by atoms with Gasteiger partial charge in [0.25, 0.3) is 0 Å². The van der Waals surface area contributed by atoms with Crippen LogP contribution in [0.1, 0.15) is 50.9 Å². The largest absolute Gasteiger partial charge is 0.332 e. The van der Waals surface area contributed by atoms with Gasteiger partial charge in [-0.2, -0.15) is 0 Å². The lowest BCUT2D eigenvalue weighted by Crippen LogP contribution is -2.39. The first-order chi connectivity index (χ1) is 8.24. The highest BCUT2D eigenvalue weighted by atomic mass is 16.2. The predicted molar refractivity (Wildman–Crippen MR) is 64.2 cm³/mol. The summed E-state index contributed by atoms with van der Waals surface area (Å²) in [4.78, 5) is 14.1. The van der Waals surface area contributed by atoms with Crippen LogP contribution in [0, 0.1) is 0 Å². The van der Waals surface area contributed by atoms with E-state index in [2.05, 4.69) is 10.2 Å². The minimum Gasteiger partial charge on any atom is -0.332 e. The van der Waals surface area contributed by atoms with Crippen molar-refractivity contribution in [1.29, 1.82) is 0 Å². The molecule has 0 spiro atoms. The fourth-order valence-electron chi connectivity index (χ4n) is 2.45. The summed E-state index contributed by atoms with van der Waals surface area (Å²) >= 11 is 0. The van der Waals surface area contributed by atoms with Gasteiger partial charge in [0.15, 0.2) is 5.82 Å². The first-order valence-electron chi connectivity index (χ1n) is 6.37. The number of amides is 1. The van der Waals surface area contributed by atoms with Crippen LogP contribution in [0.4, 0.5) is 0 Å². The highest BCUT2D eigenvalue weighted by Gasteiger charge is 2.30. The molecule has 0 bridgehead atoms. The van der Waals surface area contributed by atoms with Gasteiger partial charge in [-0.3, -0.25) is 4.79 Å². The summed E-state index contributed by atoms with van der Waals surface area (Å²) < 4.78 is 1.92. The van der Waals surface area contributed by atoms with E-state index in [1.54, 1.807) is 6.33 Å². The van der Waals surface area contributed by atoms with Gasteiger partial charge < -0.3 is 9.47 Å². The summed E-state index contributed by atoms with van der Waals surface area (Å²) in [6, 6.07) is 0.121. The van der Waals surface area contributed by atoms with Crippen molar-refractivity contribution in [3.05, 3.63) is 12.2 Å². The minimum atomic E-state index is 0.121. The molecule has 1 unspecified atom stereocenters. The molecular weight excluding hydrogens is 216 g/mol. The van der Waals surface area contributed by atoms with E-state index in [-0.39, 0.29) is 11.9 Å². The number of nitrogens with zero attached hydrogens (tertiary/aromatic N) is 4. The first-order valence-corrected chi connectivity index (χ1v) is 6.37. The van der Waals surface area contributed by atoms with E-state index in [0.717, 1.165) is 38.1 Å². The lowest BCUT2D eigenvalue weighted by molar-refractivity contribution is -0.135. The minimum absolute atomic E-state index is 0.121. The lowest BCUT2D eigenvalue weighted by atomic mass is 10.0. The van der Waals surface area contributed by atoms with Crippen LogP contribution in [0.25, 0.3) is 0 Å². The molecule has 1 aromatic heterocycles. The Morgan fingerprint density at radius 1 is 1.53 bits per heavy atom. The Labute approximate surface area is 102 Å². The molecule has 2 heterocycles. The van der Waals surface area contributed by atoms with Crippen molar-refractivity contribution < 1.29 is 4.79 Å². The number of hydrogen-bond acceptors (Lipinski definition) is 3. The smallest absolute Gasteiger partial charge is 0.223 e. The van der Waals surface area contributed by atoms with Crippen molar-refractivity contribution >= 4 is 5.91 Å². The van der Waals surface area contributed by atoms with Gasteiger partial charge in [-0.15, -0.1) is 10.2 Å². The molecule has 5 nitrogen and oxygen atoms in total. The molecule has 1 saturated heterocycles. The van der Waals surface area contributed by atoms with Gasteiger partial charge in [0, 0.05) is 20.0 Å². The highest BCUT2D eigenvalue weighted by molar-refractivity contribution is 5.76. The van der Waals surface area contributed by atoms with Gasteiger partial charge in [-0.25, -0.2) is 0 Å². The second-order valence-corrected chi connectivity index (χ2v) is 4.65. The standard InChI is InChI=1S/C12H20N4O/c1-3-6-11(17)16-8-5-4-7-10(16)12-14-13-9-15(12)2/h9-10H,3-8H2,1-2H3. The van der Waals surface area contributed by atoms with Crippen LogP contribution < -0.4 is 0 Å². The van der Waals surface area contributed by atoms with Crippen molar-refractivity contribution in [2.75, 3.05) is 6.54 Å². The number of aryl methyl sites for hydroxylation is 1. The van der Waals surface area contributed by atoms with E-state index in [1.807, 2.05) is 23.4 Å². The third kappa shape index (κ3) is 2.48. The summed E-state index contributed by atoms with van der Waals surface area (Å²) in [5, 5.41) is 8.06. The zero-order chi connectivity index (χ0) is 12.3. The molecule has 1 aliphatic heterocycles. The van der Waals surface area contributed by atoms with E-state index in [0.29, 0.717) is 6.42 Å². The van der Waals surface area contributed by atoms with Crippen LogP contribution in [0.3, 0.4) is 0 Å². The SMILES string of the molecule is CCCC(=O)N1CCCCC1c1nncn1C. The van der Waals surface area contributed by atoms with E-state index in [4.69, 9.17) is 0 Å². The van der Waals surface area contributed by atoms with Gasteiger partial charge >= 0.3 is 0 Å². The Morgan fingerprint density at radius 2 is 2.35 bits per heavy atom. The monoisotopic (exact) mass is 236 g/mol. The highest BCUT2D eigenvalue weighted by Crippen LogP contribution is 2.29. The molecule has 94 valence electrons. The second-order valence-electron chi connectivity index (χ2n) is 4.65. The maximum absolute atomic E-state index is 12.1. The van der Waals surface area contributed by atoms with Crippen molar-refractivity contribution in [2.24, 2.45) is 7.05 Å². The van der Waals surface area contributed by atoms with Crippen molar-refractivity contribution in [3.63, 3.8) is 0 Å². The normalized spacial score (nSPS) is 20.6. The quantitative estimate of drug-likeness (QED) is 0.802. The number of likely N-dealkylation sites (tertiary alicyclic amines) is 1. The lowest BCUT2D eigenvalue weighted by Gasteiger charge is -2.35. The van der Waals surface area contributed by atoms with E-state index < -0.39 is 0 Å². The molecule has 0 saturated carbocycles. The Morgan fingerprint density at radius 3 is 3.00 bits per heavy atom. The molecule has 1 amide bonds. The molecule has 1 aliphatic rings. The molecule has 1 fully saturated rings. The third-order valence-electron chi connectivity index (χ3n) is 3.33. The second kappa shape index (κ2) is 5.29.